The van der Waals surface area contributed by atoms with Gasteiger partial charge in [-0.2, -0.15) is 0 Å². The molecular formula is C16H21NO4. The van der Waals surface area contributed by atoms with E-state index in [0.29, 0.717) is 19.5 Å². The number of amides is 1. The van der Waals surface area contributed by atoms with Crippen LogP contribution < -0.4 is 0 Å². The van der Waals surface area contributed by atoms with Gasteiger partial charge in [-0.1, -0.05) is 30.3 Å². The third kappa shape index (κ3) is 4.48. The van der Waals surface area contributed by atoms with Crippen LogP contribution in [-0.4, -0.2) is 37.2 Å². The predicted molar refractivity (Wildman–Crippen MR) is 77.6 cm³/mol. The summed E-state index contributed by atoms with van der Waals surface area (Å²) in [6.45, 7) is 1.44. The number of carbonyl (C=O) groups is 2. The molecule has 0 spiro atoms. The van der Waals surface area contributed by atoms with Crippen LogP contribution in [0.3, 0.4) is 0 Å². The molecule has 0 radical (unpaired) electrons. The van der Waals surface area contributed by atoms with Crippen molar-refractivity contribution in [2.24, 2.45) is 5.92 Å². The molecule has 1 atom stereocenters. The average molecular weight is 291 g/mol. The van der Waals surface area contributed by atoms with Crippen LogP contribution in [0.2, 0.25) is 0 Å². The summed E-state index contributed by atoms with van der Waals surface area (Å²) in [5.74, 6) is -0.295. The largest absolute Gasteiger partial charge is 0.469 e. The molecule has 0 unspecified atom stereocenters. The zero-order chi connectivity index (χ0) is 15.1. The maximum Gasteiger partial charge on any atom is 0.410 e. The van der Waals surface area contributed by atoms with Crippen LogP contribution in [-0.2, 0) is 20.9 Å². The summed E-state index contributed by atoms with van der Waals surface area (Å²) in [7, 11) is 1.40. The third-order valence-electron chi connectivity index (χ3n) is 3.73. The lowest BCUT2D eigenvalue weighted by atomic mass is 10.0. The number of esters is 1. The Morgan fingerprint density at radius 2 is 1.95 bits per heavy atom. The van der Waals surface area contributed by atoms with Crippen molar-refractivity contribution < 1.29 is 19.1 Å². The number of methoxy groups -OCH3 is 1. The molecule has 1 aliphatic rings. The van der Waals surface area contributed by atoms with E-state index in [4.69, 9.17) is 9.47 Å². The van der Waals surface area contributed by atoms with E-state index in [-0.39, 0.29) is 24.6 Å². The van der Waals surface area contributed by atoms with Gasteiger partial charge in [-0.25, -0.2) is 4.79 Å². The zero-order valence-corrected chi connectivity index (χ0v) is 12.3. The summed E-state index contributed by atoms with van der Waals surface area (Å²) in [6, 6.07) is 9.59. The van der Waals surface area contributed by atoms with E-state index in [1.807, 2.05) is 30.3 Å². The summed E-state index contributed by atoms with van der Waals surface area (Å²) in [4.78, 5) is 25.3. The first kappa shape index (κ1) is 15.4. The minimum atomic E-state index is -0.315. The Labute approximate surface area is 124 Å². The minimum absolute atomic E-state index is 0.109. The molecule has 1 aliphatic heterocycles. The van der Waals surface area contributed by atoms with Crippen LogP contribution in [0.15, 0.2) is 30.3 Å². The Morgan fingerprint density at radius 1 is 1.19 bits per heavy atom. The first-order valence-electron chi connectivity index (χ1n) is 7.24. The Bertz CT molecular complexity index is 474. The number of benzene rings is 1. The minimum Gasteiger partial charge on any atom is -0.469 e. The van der Waals surface area contributed by atoms with Crippen molar-refractivity contribution in [1.29, 1.82) is 0 Å². The van der Waals surface area contributed by atoms with Crippen molar-refractivity contribution in [2.45, 2.75) is 25.9 Å². The lowest BCUT2D eigenvalue weighted by Crippen LogP contribution is -2.32. The van der Waals surface area contributed by atoms with Crippen LogP contribution in [0, 0.1) is 5.92 Å². The molecule has 0 aliphatic carbocycles. The maximum absolute atomic E-state index is 12.1. The van der Waals surface area contributed by atoms with Gasteiger partial charge in [0.15, 0.2) is 0 Å². The Hall–Kier alpha value is -2.04. The first-order valence-corrected chi connectivity index (χ1v) is 7.24. The molecule has 5 heteroatoms. The molecule has 1 heterocycles. The van der Waals surface area contributed by atoms with Gasteiger partial charge in [0, 0.05) is 13.1 Å². The SMILES string of the molecule is COC(=O)[C@@H]1CCCN(C(=O)OCc2ccccc2)CC1. The molecular weight excluding hydrogens is 270 g/mol. The van der Waals surface area contributed by atoms with Gasteiger partial charge in [0.2, 0.25) is 0 Å². The zero-order valence-electron chi connectivity index (χ0n) is 12.3. The molecule has 114 valence electrons. The lowest BCUT2D eigenvalue weighted by molar-refractivity contribution is -0.145. The van der Waals surface area contributed by atoms with Crippen LogP contribution in [0.1, 0.15) is 24.8 Å². The highest BCUT2D eigenvalue weighted by atomic mass is 16.6. The van der Waals surface area contributed by atoms with E-state index in [0.717, 1.165) is 18.4 Å². The first-order chi connectivity index (χ1) is 10.2. The molecule has 1 amide bonds. The topological polar surface area (TPSA) is 55.8 Å². The maximum atomic E-state index is 12.1. The number of carbonyl (C=O) groups excluding carboxylic acids is 2. The normalized spacial score (nSPS) is 18.7. The lowest BCUT2D eigenvalue weighted by Gasteiger charge is -2.20. The Kier molecular flexibility index (Phi) is 5.60. The molecule has 1 saturated heterocycles. The molecule has 21 heavy (non-hydrogen) atoms. The highest BCUT2D eigenvalue weighted by Crippen LogP contribution is 2.19. The molecule has 5 nitrogen and oxygen atoms in total. The molecule has 1 aromatic rings. The predicted octanol–water partition coefficient (Wildman–Crippen LogP) is 2.60. The van der Waals surface area contributed by atoms with Crippen LogP contribution >= 0.6 is 0 Å². The monoisotopic (exact) mass is 291 g/mol. The second-order valence-electron chi connectivity index (χ2n) is 5.18. The quantitative estimate of drug-likeness (QED) is 0.803. The molecule has 2 rings (SSSR count). The van der Waals surface area contributed by atoms with Crippen LogP contribution in [0.5, 0.6) is 0 Å². The fourth-order valence-electron chi connectivity index (χ4n) is 2.49. The summed E-state index contributed by atoms with van der Waals surface area (Å²) < 4.78 is 10.1. The highest BCUT2D eigenvalue weighted by Gasteiger charge is 2.26. The van der Waals surface area contributed by atoms with E-state index in [2.05, 4.69) is 0 Å². The van der Waals surface area contributed by atoms with Crippen molar-refractivity contribution in [3.63, 3.8) is 0 Å². The van der Waals surface area contributed by atoms with Crippen molar-refractivity contribution in [1.82, 2.24) is 4.90 Å². The van der Waals surface area contributed by atoms with Crippen molar-refractivity contribution in [2.75, 3.05) is 20.2 Å². The van der Waals surface area contributed by atoms with Crippen molar-refractivity contribution in [3.05, 3.63) is 35.9 Å². The van der Waals surface area contributed by atoms with Gasteiger partial charge < -0.3 is 14.4 Å². The summed E-state index contributed by atoms with van der Waals surface area (Å²) in [5, 5.41) is 0. The third-order valence-corrected chi connectivity index (χ3v) is 3.73. The second-order valence-corrected chi connectivity index (χ2v) is 5.18. The van der Waals surface area contributed by atoms with Crippen molar-refractivity contribution in [3.8, 4) is 0 Å². The van der Waals surface area contributed by atoms with Crippen LogP contribution in [0.25, 0.3) is 0 Å². The molecule has 0 saturated carbocycles. The molecule has 1 aromatic carbocycles. The van der Waals surface area contributed by atoms with E-state index in [9.17, 15) is 9.59 Å². The van der Waals surface area contributed by atoms with Gasteiger partial charge >= 0.3 is 12.1 Å². The summed E-state index contributed by atoms with van der Waals surface area (Å²) in [6.07, 6.45) is 1.87. The van der Waals surface area contributed by atoms with Gasteiger partial charge in [-0.05, 0) is 24.8 Å². The average Bonchev–Trinajstić information content (AvgIpc) is 2.79. The second kappa shape index (κ2) is 7.67. The number of hydrogen-bond acceptors (Lipinski definition) is 4. The molecule has 0 N–H and O–H groups in total. The number of ether oxygens (including phenoxy) is 2. The van der Waals surface area contributed by atoms with E-state index >= 15 is 0 Å². The fourth-order valence-corrected chi connectivity index (χ4v) is 2.49. The fraction of sp³-hybridized carbons (Fsp3) is 0.500. The van der Waals surface area contributed by atoms with Gasteiger partial charge in [-0.3, -0.25) is 4.79 Å². The number of hydrogen-bond donors (Lipinski definition) is 0. The van der Waals surface area contributed by atoms with Gasteiger partial charge in [0.25, 0.3) is 0 Å². The van der Waals surface area contributed by atoms with E-state index < -0.39 is 0 Å². The van der Waals surface area contributed by atoms with E-state index in [1.54, 1.807) is 4.90 Å². The standard InChI is InChI=1S/C16H21NO4/c1-20-15(18)14-8-5-10-17(11-9-14)16(19)21-12-13-6-3-2-4-7-13/h2-4,6-7,14H,5,8-12H2,1H3/t14-/m1/s1. The van der Waals surface area contributed by atoms with Gasteiger partial charge in [-0.15, -0.1) is 0 Å². The number of likely N-dealkylation sites (tertiary alicyclic amines) is 1. The van der Waals surface area contributed by atoms with Crippen LogP contribution in [0.4, 0.5) is 4.79 Å². The number of rotatable bonds is 3. The number of nitrogens with zero attached hydrogens (tertiary/aromatic N) is 1. The van der Waals surface area contributed by atoms with Gasteiger partial charge in [0.1, 0.15) is 6.61 Å². The highest BCUT2D eigenvalue weighted by molar-refractivity contribution is 5.72. The Morgan fingerprint density at radius 3 is 2.67 bits per heavy atom. The van der Waals surface area contributed by atoms with E-state index in [1.165, 1.54) is 7.11 Å². The van der Waals surface area contributed by atoms with Crippen molar-refractivity contribution >= 4 is 12.1 Å². The molecule has 1 fully saturated rings. The summed E-state index contributed by atoms with van der Waals surface area (Å²) >= 11 is 0. The van der Waals surface area contributed by atoms with Gasteiger partial charge in [0.05, 0.1) is 13.0 Å². The Balaban J connectivity index is 1.81. The molecule has 0 bridgehead atoms. The molecule has 0 aromatic heterocycles. The summed E-state index contributed by atoms with van der Waals surface area (Å²) in [5.41, 5.74) is 0.966. The smallest absolute Gasteiger partial charge is 0.410 e.